The van der Waals surface area contributed by atoms with Gasteiger partial charge in [0, 0.05) is 15.4 Å². The molecule has 1 unspecified atom stereocenters. The van der Waals surface area contributed by atoms with Crippen molar-refractivity contribution in [3.05, 3.63) is 71.3 Å². The van der Waals surface area contributed by atoms with Crippen LogP contribution in [0.5, 0.6) is 0 Å². The fraction of sp³-hybridized carbons (Fsp3) is 0.0476. The van der Waals surface area contributed by atoms with Crippen LogP contribution in [0, 0.1) is 22.8 Å². The van der Waals surface area contributed by atoms with Gasteiger partial charge >= 0.3 is 0 Å². The van der Waals surface area contributed by atoms with E-state index in [-0.39, 0.29) is 23.0 Å². The molecule has 1 atom stereocenters. The van der Waals surface area contributed by atoms with Crippen molar-refractivity contribution in [1.29, 1.82) is 10.5 Å². The van der Waals surface area contributed by atoms with Gasteiger partial charge in [0.1, 0.15) is 29.3 Å². The van der Waals surface area contributed by atoms with Crippen LogP contribution in [-0.4, -0.2) is 10.9 Å². The van der Waals surface area contributed by atoms with Crippen LogP contribution in [0.2, 0.25) is 0 Å². The Balaban J connectivity index is 1.89. The summed E-state index contributed by atoms with van der Waals surface area (Å²) in [5.41, 5.74) is 14.0. The number of hydrogen-bond donors (Lipinski definition) is 4. The third-order valence-corrected chi connectivity index (χ3v) is 5.64. The Morgan fingerprint density at radius 2 is 1.77 bits per heavy atom. The normalized spacial score (nSPS) is 14.5. The van der Waals surface area contributed by atoms with Gasteiger partial charge in [0.05, 0.1) is 5.69 Å². The molecule has 0 amide bonds. The van der Waals surface area contributed by atoms with Gasteiger partial charge in [-0.25, -0.2) is 9.98 Å². The monoisotopic (exact) mass is 412 g/mol. The van der Waals surface area contributed by atoms with Crippen LogP contribution in [-0.2, 0) is 0 Å². The van der Waals surface area contributed by atoms with E-state index in [1.165, 1.54) is 0 Å². The quantitative estimate of drug-likeness (QED) is 0.378. The summed E-state index contributed by atoms with van der Waals surface area (Å²) < 4.78 is 0. The predicted octanol–water partition coefficient (Wildman–Crippen LogP) is 3.21. The summed E-state index contributed by atoms with van der Waals surface area (Å²) in [7, 11) is 0. The zero-order valence-corrected chi connectivity index (χ0v) is 16.4. The largest absolute Gasteiger partial charge is 0.397 e. The fourth-order valence-corrected chi connectivity index (χ4v) is 4.21. The highest BCUT2D eigenvalue weighted by Crippen LogP contribution is 2.44. The molecule has 1 aromatic heterocycles. The molecule has 0 bridgehead atoms. The van der Waals surface area contributed by atoms with E-state index < -0.39 is 6.04 Å². The molecule has 0 fully saturated rings. The lowest BCUT2D eigenvalue weighted by Crippen LogP contribution is -2.32. The molecule has 1 aliphatic rings. The minimum Gasteiger partial charge on any atom is -0.397 e. The lowest BCUT2D eigenvalue weighted by molar-refractivity contribution is 0.827. The van der Waals surface area contributed by atoms with Crippen LogP contribution in [0.15, 0.2) is 69.4 Å². The molecular weight excluding hydrogens is 396 g/mol. The SMILES string of the molecule is N#CNC1=NC(c2ccccc2Sc2ccccc2)c2c(nc(N)c(C#N)c2N)N1. The molecule has 0 radical (unpaired) electrons. The standard InChI is InChI=1S/C21H16N8S/c22-10-14-17(24)16-18(27-21(26-11-23)29-20(16)28-19(14)25)13-8-4-5-9-15(13)30-12-6-2-1-3-7-12/h1-9,18H,(H6,24,25,26,27,28,29). The second kappa shape index (κ2) is 8.03. The molecule has 4 rings (SSSR count). The Labute approximate surface area is 177 Å². The number of pyridine rings is 1. The number of rotatable bonds is 3. The summed E-state index contributed by atoms with van der Waals surface area (Å²) in [6.07, 6.45) is 1.86. The van der Waals surface area contributed by atoms with Crippen LogP contribution in [0.25, 0.3) is 0 Å². The molecule has 1 aliphatic heterocycles. The second-order valence-corrected chi connectivity index (χ2v) is 7.47. The number of aliphatic imine (C=N–C) groups is 1. The van der Waals surface area contributed by atoms with Gasteiger partial charge in [-0.3, -0.25) is 5.32 Å². The van der Waals surface area contributed by atoms with Gasteiger partial charge in [0.25, 0.3) is 0 Å². The number of aromatic nitrogens is 1. The highest BCUT2D eigenvalue weighted by molar-refractivity contribution is 7.99. The smallest absolute Gasteiger partial charge is 0.211 e. The average Bonchev–Trinajstić information content (AvgIpc) is 2.75. The van der Waals surface area contributed by atoms with Gasteiger partial charge in [-0.2, -0.15) is 10.5 Å². The van der Waals surface area contributed by atoms with Crippen LogP contribution >= 0.6 is 11.8 Å². The number of benzene rings is 2. The van der Waals surface area contributed by atoms with Crippen molar-refractivity contribution >= 4 is 35.0 Å². The van der Waals surface area contributed by atoms with Crippen LogP contribution in [0.3, 0.4) is 0 Å². The molecule has 6 N–H and O–H groups in total. The topological polar surface area (TPSA) is 149 Å². The van der Waals surface area contributed by atoms with Crippen molar-refractivity contribution in [1.82, 2.24) is 10.3 Å². The molecule has 9 heteroatoms. The lowest BCUT2D eigenvalue weighted by Gasteiger charge is -2.27. The van der Waals surface area contributed by atoms with Crippen molar-refractivity contribution < 1.29 is 0 Å². The first kappa shape index (κ1) is 19.1. The molecule has 30 heavy (non-hydrogen) atoms. The minimum atomic E-state index is -0.579. The zero-order valence-electron chi connectivity index (χ0n) is 15.6. The van der Waals surface area contributed by atoms with E-state index in [1.807, 2.05) is 66.9 Å². The molecule has 0 aliphatic carbocycles. The number of nitrogens with two attached hydrogens (primary N) is 2. The summed E-state index contributed by atoms with van der Waals surface area (Å²) in [4.78, 5) is 11.0. The molecule has 146 valence electrons. The van der Waals surface area contributed by atoms with Gasteiger partial charge in [-0.05, 0) is 23.8 Å². The zero-order chi connectivity index (χ0) is 21.1. The summed E-state index contributed by atoms with van der Waals surface area (Å²) >= 11 is 1.59. The van der Waals surface area contributed by atoms with Gasteiger partial charge in [0.15, 0.2) is 6.19 Å². The summed E-state index contributed by atoms with van der Waals surface area (Å²) in [5, 5.41) is 24.0. The number of nitrogens with one attached hydrogen (secondary N) is 2. The number of nitriles is 2. The maximum atomic E-state index is 9.48. The first-order chi connectivity index (χ1) is 14.6. The first-order valence-electron chi connectivity index (χ1n) is 8.93. The number of nitrogen functional groups attached to an aromatic ring is 2. The van der Waals surface area contributed by atoms with Gasteiger partial charge in [-0.1, -0.05) is 48.2 Å². The minimum absolute atomic E-state index is 0.0187. The third-order valence-electron chi connectivity index (χ3n) is 4.54. The van der Waals surface area contributed by atoms with Crippen LogP contribution < -0.4 is 22.1 Å². The van der Waals surface area contributed by atoms with Crippen molar-refractivity contribution in [2.75, 3.05) is 16.8 Å². The Bertz CT molecular complexity index is 1220. The van der Waals surface area contributed by atoms with Crippen molar-refractivity contribution in [3.63, 3.8) is 0 Å². The summed E-state index contributed by atoms with van der Waals surface area (Å²) in [6, 6.07) is 19.2. The number of fused-ring (bicyclic) bond motifs is 1. The van der Waals surface area contributed by atoms with E-state index in [1.54, 1.807) is 11.8 Å². The number of anilines is 3. The number of nitrogens with zero attached hydrogens (tertiary/aromatic N) is 4. The molecular formula is C21H16N8S. The molecule has 0 saturated heterocycles. The van der Waals surface area contributed by atoms with E-state index in [9.17, 15) is 5.26 Å². The second-order valence-electron chi connectivity index (χ2n) is 6.35. The van der Waals surface area contributed by atoms with Gasteiger partial charge < -0.3 is 16.8 Å². The predicted molar refractivity (Wildman–Crippen MR) is 116 cm³/mol. The van der Waals surface area contributed by atoms with Crippen molar-refractivity contribution in [2.24, 2.45) is 4.99 Å². The summed E-state index contributed by atoms with van der Waals surface area (Å²) in [6.45, 7) is 0. The molecule has 2 heterocycles. The Kier molecular flexibility index (Phi) is 5.12. The Morgan fingerprint density at radius 3 is 2.50 bits per heavy atom. The van der Waals surface area contributed by atoms with Gasteiger partial charge in [-0.15, -0.1) is 0 Å². The van der Waals surface area contributed by atoms with E-state index in [4.69, 9.17) is 16.7 Å². The average molecular weight is 412 g/mol. The maximum Gasteiger partial charge on any atom is 0.211 e. The molecule has 3 aromatic rings. The van der Waals surface area contributed by atoms with E-state index >= 15 is 0 Å². The van der Waals surface area contributed by atoms with Crippen molar-refractivity contribution in [3.8, 4) is 12.3 Å². The molecule has 0 saturated carbocycles. The molecule has 0 spiro atoms. The first-order valence-corrected chi connectivity index (χ1v) is 9.74. The lowest BCUT2D eigenvalue weighted by atomic mass is 9.95. The molecule has 8 nitrogen and oxygen atoms in total. The maximum absolute atomic E-state index is 9.48. The van der Waals surface area contributed by atoms with Crippen LogP contribution in [0.4, 0.5) is 17.3 Å². The summed E-state index contributed by atoms with van der Waals surface area (Å²) in [5.74, 6) is 0.608. The number of guanidine groups is 1. The third kappa shape index (κ3) is 3.46. The van der Waals surface area contributed by atoms with Crippen molar-refractivity contribution in [2.45, 2.75) is 15.8 Å². The fourth-order valence-electron chi connectivity index (χ4n) is 3.22. The highest BCUT2D eigenvalue weighted by Gasteiger charge is 2.31. The van der Waals surface area contributed by atoms with E-state index in [2.05, 4.69) is 20.6 Å². The van der Waals surface area contributed by atoms with E-state index in [0.717, 1.165) is 15.4 Å². The van der Waals surface area contributed by atoms with E-state index in [0.29, 0.717) is 11.4 Å². The Hall–Kier alpha value is -4.21. The van der Waals surface area contributed by atoms with Gasteiger partial charge in [0.2, 0.25) is 5.96 Å². The Morgan fingerprint density at radius 1 is 1.03 bits per heavy atom. The van der Waals surface area contributed by atoms with Crippen LogP contribution in [0.1, 0.15) is 22.7 Å². The molecule has 2 aromatic carbocycles. The highest BCUT2D eigenvalue weighted by atomic mass is 32.2. The number of hydrogen-bond acceptors (Lipinski definition) is 9.